The van der Waals surface area contributed by atoms with E-state index in [1.807, 2.05) is 12.4 Å². The van der Waals surface area contributed by atoms with Gasteiger partial charge in [-0.1, -0.05) is 29.8 Å². The Morgan fingerprint density at radius 3 is 2.58 bits per heavy atom. The molecule has 4 heteroatoms. The Labute approximate surface area is 143 Å². The molecular formula is C20H24N2O2. The summed E-state index contributed by atoms with van der Waals surface area (Å²) in [5.41, 5.74) is 4.95. The van der Waals surface area contributed by atoms with E-state index >= 15 is 0 Å². The van der Waals surface area contributed by atoms with E-state index < -0.39 is 0 Å². The summed E-state index contributed by atoms with van der Waals surface area (Å²) in [4.78, 5) is 6.92. The highest BCUT2D eigenvalue weighted by molar-refractivity contribution is 5.63. The predicted molar refractivity (Wildman–Crippen MR) is 93.6 cm³/mol. The average Bonchev–Trinajstić information content (AvgIpc) is 3.06. The maximum atomic E-state index is 5.81. The van der Waals surface area contributed by atoms with Gasteiger partial charge in [0.2, 0.25) is 0 Å². The molecule has 2 fully saturated rings. The number of aryl methyl sites for hydroxylation is 1. The normalized spacial score (nSPS) is 20.5. The van der Waals surface area contributed by atoms with Crippen molar-refractivity contribution < 1.29 is 9.47 Å². The molecule has 2 aromatic rings. The fraction of sp³-hybridized carbons (Fsp3) is 0.450. The molecule has 0 atom stereocenters. The van der Waals surface area contributed by atoms with Gasteiger partial charge in [0.05, 0.1) is 13.2 Å². The van der Waals surface area contributed by atoms with Gasteiger partial charge in [0, 0.05) is 50.4 Å². The Balaban J connectivity index is 1.43. The molecular weight excluding hydrogens is 300 g/mol. The summed E-state index contributed by atoms with van der Waals surface area (Å²) in [6, 6.07) is 10.8. The van der Waals surface area contributed by atoms with E-state index in [9.17, 15) is 0 Å². The van der Waals surface area contributed by atoms with Gasteiger partial charge in [0.1, 0.15) is 0 Å². The molecule has 0 unspecified atom stereocenters. The lowest BCUT2D eigenvalue weighted by Crippen LogP contribution is -2.44. The molecule has 2 aliphatic heterocycles. The van der Waals surface area contributed by atoms with Crippen molar-refractivity contribution in [3.63, 3.8) is 0 Å². The fourth-order valence-corrected chi connectivity index (χ4v) is 3.65. The first-order valence-electron chi connectivity index (χ1n) is 8.74. The number of hydrogen-bond acceptors (Lipinski definition) is 4. The van der Waals surface area contributed by atoms with E-state index in [2.05, 4.69) is 47.1 Å². The molecule has 2 saturated heterocycles. The van der Waals surface area contributed by atoms with Crippen molar-refractivity contribution in [3.05, 3.63) is 53.9 Å². The number of nitrogens with zero attached hydrogens (tertiary/aromatic N) is 2. The molecule has 0 amide bonds. The van der Waals surface area contributed by atoms with Gasteiger partial charge in [0.25, 0.3) is 0 Å². The Morgan fingerprint density at radius 2 is 1.83 bits per heavy atom. The Kier molecular flexibility index (Phi) is 4.35. The van der Waals surface area contributed by atoms with E-state index in [-0.39, 0.29) is 5.79 Å². The third kappa shape index (κ3) is 3.36. The highest BCUT2D eigenvalue weighted by Gasteiger charge is 2.39. The van der Waals surface area contributed by atoms with Crippen LogP contribution in [0.25, 0.3) is 11.1 Å². The standard InChI is InChI=1S/C20H24N2O2/c1-16-3-2-4-18(11-16)19-12-17(13-21-14-19)15-22-7-5-20(6-8-22)23-9-10-24-20/h2-4,11-14H,5-10,15H2,1H3. The molecule has 0 N–H and O–H groups in total. The van der Waals surface area contributed by atoms with Gasteiger partial charge in [-0.15, -0.1) is 0 Å². The second-order valence-electron chi connectivity index (χ2n) is 6.84. The van der Waals surface area contributed by atoms with Crippen molar-refractivity contribution in [2.24, 2.45) is 0 Å². The number of likely N-dealkylation sites (tertiary alicyclic amines) is 1. The van der Waals surface area contributed by atoms with Crippen LogP contribution in [0.2, 0.25) is 0 Å². The Morgan fingerprint density at radius 1 is 1.04 bits per heavy atom. The molecule has 4 rings (SSSR count). The van der Waals surface area contributed by atoms with Gasteiger partial charge >= 0.3 is 0 Å². The van der Waals surface area contributed by atoms with Crippen LogP contribution >= 0.6 is 0 Å². The van der Waals surface area contributed by atoms with Crippen LogP contribution in [0.1, 0.15) is 24.0 Å². The molecule has 4 nitrogen and oxygen atoms in total. The molecule has 0 saturated carbocycles. The van der Waals surface area contributed by atoms with Crippen LogP contribution in [0.4, 0.5) is 0 Å². The Hall–Kier alpha value is -1.75. The summed E-state index contributed by atoms with van der Waals surface area (Å²) in [7, 11) is 0. The van der Waals surface area contributed by atoms with Crippen LogP contribution in [0, 0.1) is 6.92 Å². The number of piperidine rings is 1. The lowest BCUT2D eigenvalue weighted by Gasteiger charge is -2.37. The summed E-state index contributed by atoms with van der Waals surface area (Å²) in [6.45, 7) is 6.55. The monoisotopic (exact) mass is 324 g/mol. The smallest absolute Gasteiger partial charge is 0.170 e. The number of rotatable bonds is 3. The number of ether oxygens (including phenoxy) is 2. The summed E-state index contributed by atoms with van der Waals surface area (Å²) in [6.07, 6.45) is 5.84. The summed E-state index contributed by atoms with van der Waals surface area (Å²) in [5, 5.41) is 0. The van der Waals surface area contributed by atoms with Gasteiger partial charge in [-0.25, -0.2) is 0 Å². The van der Waals surface area contributed by atoms with Crippen LogP contribution in [0.15, 0.2) is 42.7 Å². The van der Waals surface area contributed by atoms with E-state index in [4.69, 9.17) is 9.47 Å². The van der Waals surface area contributed by atoms with Crippen molar-refractivity contribution in [3.8, 4) is 11.1 Å². The molecule has 2 aliphatic rings. The zero-order chi connectivity index (χ0) is 16.4. The fourth-order valence-electron chi connectivity index (χ4n) is 3.65. The largest absolute Gasteiger partial charge is 0.347 e. The summed E-state index contributed by atoms with van der Waals surface area (Å²) >= 11 is 0. The molecule has 0 radical (unpaired) electrons. The zero-order valence-corrected chi connectivity index (χ0v) is 14.2. The quantitative estimate of drug-likeness (QED) is 0.867. The number of pyridine rings is 1. The zero-order valence-electron chi connectivity index (χ0n) is 14.2. The van der Waals surface area contributed by atoms with E-state index in [1.54, 1.807) is 0 Å². The molecule has 24 heavy (non-hydrogen) atoms. The third-order valence-corrected chi connectivity index (χ3v) is 4.98. The highest BCUT2D eigenvalue weighted by Crippen LogP contribution is 2.32. The SMILES string of the molecule is Cc1cccc(-c2cncc(CN3CCC4(CC3)OCCO4)c2)c1. The first-order chi connectivity index (χ1) is 11.7. The lowest BCUT2D eigenvalue weighted by atomic mass is 10.0. The maximum Gasteiger partial charge on any atom is 0.170 e. The topological polar surface area (TPSA) is 34.6 Å². The summed E-state index contributed by atoms with van der Waals surface area (Å²) < 4.78 is 11.6. The van der Waals surface area contributed by atoms with Crippen molar-refractivity contribution >= 4 is 0 Å². The minimum atomic E-state index is -0.293. The first-order valence-corrected chi connectivity index (χ1v) is 8.74. The van der Waals surface area contributed by atoms with Crippen molar-refractivity contribution in [2.45, 2.75) is 32.1 Å². The number of hydrogen-bond donors (Lipinski definition) is 0. The van der Waals surface area contributed by atoms with Crippen LogP contribution in [-0.2, 0) is 16.0 Å². The second-order valence-corrected chi connectivity index (χ2v) is 6.84. The van der Waals surface area contributed by atoms with Gasteiger partial charge in [-0.05, 0) is 24.1 Å². The molecule has 0 aliphatic carbocycles. The van der Waals surface area contributed by atoms with Crippen LogP contribution in [0.5, 0.6) is 0 Å². The van der Waals surface area contributed by atoms with Gasteiger partial charge in [-0.3, -0.25) is 9.88 Å². The molecule has 1 spiro atoms. The Bertz CT molecular complexity index is 700. The lowest BCUT2D eigenvalue weighted by molar-refractivity contribution is -0.185. The highest BCUT2D eigenvalue weighted by atomic mass is 16.7. The van der Waals surface area contributed by atoms with Gasteiger partial charge in [-0.2, -0.15) is 0 Å². The van der Waals surface area contributed by atoms with Crippen LogP contribution < -0.4 is 0 Å². The van der Waals surface area contributed by atoms with E-state index in [1.165, 1.54) is 22.3 Å². The van der Waals surface area contributed by atoms with Crippen LogP contribution in [-0.4, -0.2) is 42.0 Å². The molecule has 1 aromatic carbocycles. The first kappa shape index (κ1) is 15.8. The van der Waals surface area contributed by atoms with Gasteiger partial charge in [0.15, 0.2) is 5.79 Å². The van der Waals surface area contributed by atoms with E-state index in [0.29, 0.717) is 0 Å². The third-order valence-electron chi connectivity index (χ3n) is 4.98. The minimum absolute atomic E-state index is 0.293. The van der Waals surface area contributed by atoms with Crippen molar-refractivity contribution in [1.82, 2.24) is 9.88 Å². The summed E-state index contributed by atoms with van der Waals surface area (Å²) in [5.74, 6) is -0.293. The second kappa shape index (κ2) is 6.63. The molecule has 1 aromatic heterocycles. The predicted octanol–water partition coefficient (Wildman–Crippen LogP) is 3.40. The van der Waals surface area contributed by atoms with Crippen molar-refractivity contribution in [2.75, 3.05) is 26.3 Å². The maximum absolute atomic E-state index is 5.81. The number of benzene rings is 1. The average molecular weight is 324 g/mol. The molecule has 3 heterocycles. The van der Waals surface area contributed by atoms with Crippen LogP contribution in [0.3, 0.4) is 0 Å². The number of aromatic nitrogens is 1. The van der Waals surface area contributed by atoms with Crippen molar-refractivity contribution in [1.29, 1.82) is 0 Å². The molecule has 0 bridgehead atoms. The minimum Gasteiger partial charge on any atom is -0.347 e. The van der Waals surface area contributed by atoms with Gasteiger partial charge < -0.3 is 9.47 Å². The van der Waals surface area contributed by atoms with E-state index in [0.717, 1.165) is 45.7 Å². The molecule has 126 valence electrons.